The molecule has 1 atom stereocenters. The molecule has 0 aliphatic carbocycles. The van der Waals surface area contributed by atoms with Gasteiger partial charge in [-0.1, -0.05) is 5.21 Å². The molecule has 1 aromatic rings. The van der Waals surface area contributed by atoms with E-state index in [1.165, 1.54) is 0 Å². The molecule has 19 heavy (non-hydrogen) atoms. The molecule has 0 spiro atoms. The van der Waals surface area contributed by atoms with Crippen LogP contribution < -0.4 is 0 Å². The number of hydrogen-bond acceptors (Lipinski definition) is 6. The maximum Gasteiger partial charge on any atom is 0.438 e. The van der Waals surface area contributed by atoms with Crippen LogP contribution in [0.2, 0.25) is 0 Å². The molecule has 7 nitrogen and oxygen atoms in total. The van der Waals surface area contributed by atoms with Crippen LogP contribution in [0.1, 0.15) is 18.7 Å². The number of rotatable bonds is 3. The molecule has 2 aliphatic rings. The summed E-state index contributed by atoms with van der Waals surface area (Å²) in [7, 11) is 0. The second-order valence-corrected chi connectivity index (χ2v) is 4.83. The molecule has 0 saturated carbocycles. The average molecular weight is 275 g/mol. The number of piperidine rings is 1. The first kappa shape index (κ1) is 12.5. The average Bonchev–Trinajstić information content (AvgIpc) is 3.04. The van der Waals surface area contributed by atoms with Crippen molar-refractivity contribution in [1.29, 1.82) is 0 Å². The largest absolute Gasteiger partial charge is 0.438 e. The van der Waals surface area contributed by atoms with Gasteiger partial charge in [-0.05, 0) is 19.4 Å². The van der Waals surface area contributed by atoms with Gasteiger partial charge in [0.05, 0.1) is 6.54 Å². The number of tetrazole rings is 1. The van der Waals surface area contributed by atoms with Crippen LogP contribution in [0, 0.1) is 5.92 Å². The predicted octanol–water partition coefficient (Wildman–Crippen LogP) is 1.14. The summed E-state index contributed by atoms with van der Waals surface area (Å²) < 4.78 is 38.8. The van der Waals surface area contributed by atoms with Gasteiger partial charge in [0.2, 0.25) is 0 Å². The van der Waals surface area contributed by atoms with Crippen LogP contribution in [0.3, 0.4) is 0 Å². The van der Waals surface area contributed by atoms with Crippen molar-refractivity contribution >= 4 is 0 Å². The second-order valence-electron chi connectivity index (χ2n) is 4.83. The van der Waals surface area contributed by atoms with Gasteiger partial charge in [0.25, 0.3) is 5.66 Å². The Kier molecular flexibility index (Phi) is 2.77. The fraction of sp³-hybridized carbons (Fsp3) is 0.889. The molecule has 0 radical (unpaired) electrons. The number of nitrogens with zero attached hydrogens (tertiary/aromatic N) is 6. The fourth-order valence-corrected chi connectivity index (χ4v) is 2.54. The standard InChI is InChI=1S/C9H12F3N7/c10-9(11,12)8(15-16-8)6-2-1-3-19(4-6)5-7-13-17-18-14-7/h6H,1-5H2,(H,13,14,17,18). The zero-order valence-electron chi connectivity index (χ0n) is 9.93. The normalized spacial score (nSPS) is 26.6. The van der Waals surface area contributed by atoms with Gasteiger partial charge < -0.3 is 0 Å². The Bertz CT molecular complexity index is 463. The Hall–Kier alpha value is -1.58. The Morgan fingerprint density at radius 2 is 2.16 bits per heavy atom. The number of aromatic amines is 1. The van der Waals surface area contributed by atoms with Crippen LogP contribution in [0.4, 0.5) is 13.2 Å². The first-order chi connectivity index (χ1) is 9.01. The lowest BCUT2D eigenvalue weighted by Gasteiger charge is -2.34. The van der Waals surface area contributed by atoms with E-state index in [4.69, 9.17) is 0 Å². The molecule has 0 amide bonds. The van der Waals surface area contributed by atoms with Gasteiger partial charge >= 0.3 is 6.18 Å². The molecule has 3 heterocycles. The summed E-state index contributed by atoms with van der Waals surface area (Å²) in [6.07, 6.45) is -3.23. The van der Waals surface area contributed by atoms with Gasteiger partial charge in [-0.3, -0.25) is 4.90 Å². The van der Waals surface area contributed by atoms with Gasteiger partial charge in [0, 0.05) is 12.5 Å². The van der Waals surface area contributed by atoms with E-state index in [0.29, 0.717) is 31.8 Å². The minimum absolute atomic E-state index is 0.293. The molecule has 1 fully saturated rings. The Morgan fingerprint density at radius 1 is 1.37 bits per heavy atom. The van der Waals surface area contributed by atoms with Gasteiger partial charge in [-0.2, -0.15) is 18.4 Å². The summed E-state index contributed by atoms with van der Waals surface area (Å²) in [5.74, 6) is -0.139. The quantitative estimate of drug-likeness (QED) is 0.896. The molecule has 1 saturated heterocycles. The second kappa shape index (κ2) is 4.22. The number of aromatic nitrogens is 4. The summed E-state index contributed by atoms with van der Waals surface area (Å²) in [5, 5.41) is 19.9. The van der Waals surface area contributed by atoms with Crippen molar-refractivity contribution in [2.24, 2.45) is 16.1 Å². The topological polar surface area (TPSA) is 82.4 Å². The number of halogens is 3. The maximum atomic E-state index is 12.9. The van der Waals surface area contributed by atoms with Crippen molar-refractivity contribution in [2.75, 3.05) is 13.1 Å². The van der Waals surface area contributed by atoms with Crippen molar-refractivity contribution in [3.63, 3.8) is 0 Å². The van der Waals surface area contributed by atoms with E-state index in [1.54, 1.807) is 0 Å². The first-order valence-corrected chi connectivity index (χ1v) is 5.97. The van der Waals surface area contributed by atoms with Gasteiger partial charge in [-0.15, -0.1) is 20.4 Å². The van der Waals surface area contributed by atoms with Crippen molar-refractivity contribution in [1.82, 2.24) is 25.5 Å². The first-order valence-electron chi connectivity index (χ1n) is 5.97. The monoisotopic (exact) mass is 275 g/mol. The molecule has 3 rings (SSSR count). The molecule has 104 valence electrons. The smallest absolute Gasteiger partial charge is 0.295 e. The number of nitrogens with one attached hydrogen (secondary N) is 1. The number of likely N-dealkylation sites (tertiary alicyclic amines) is 1. The number of alkyl halides is 3. The highest BCUT2D eigenvalue weighted by molar-refractivity contribution is 5.07. The lowest BCUT2D eigenvalue weighted by Crippen LogP contribution is -2.48. The van der Waals surface area contributed by atoms with Crippen molar-refractivity contribution < 1.29 is 13.2 Å². The summed E-state index contributed by atoms with van der Waals surface area (Å²) in [6.45, 7) is 1.40. The Morgan fingerprint density at radius 3 is 2.74 bits per heavy atom. The zero-order valence-corrected chi connectivity index (χ0v) is 9.93. The van der Waals surface area contributed by atoms with E-state index < -0.39 is 17.8 Å². The van der Waals surface area contributed by atoms with E-state index in [0.717, 1.165) is 6.54 Å². The number of hydrogen-bond donors (Lipinski definition) is 1. The molecular formula is C9H12F3N7. The van der Waals surface area contributed by atoms with E-state index in [2.05, 4.69) is 30.9 Å². The molecule has 1 aromatic heterocycles. The molecule has 0 aromatic carbocycles. The highest BCUT2D eigenvalue weighted by atomic mass is 19.4. The minimum atomic E-state index is -4.40. The Balaban J connectivity index is 1.66. The minimum Gasteiger partial charge on any atom is -0.295 e. The molecule has 1 unspecified atom stereocenters. The van der Waals surface area contributed by atoms with Crippen LogP contribution in [0.25, 0.3) is 0 Å². The molecule has 0 bridgehead atoms. The van der Waals surface area contributed by atoms with E-state index in [-0.39, 0.29) is 0 Å². The SMILES string of the molecule is FC(F)(F)C1(C2CCCN(Cc3nn[nH]n3)C2)N=N1. The van der Waals surface area contributed by atoms with E-state index >= 15 is 0 Å². The summed E-state index contributed by atoms with van der Waals surface area (Å²) >= 11 is 0. The zero-order chi connectivity index (χ0) is 13.5. The third-order valence-corrected chi connectivity index (χ3v) is 3.56. The van der Waals surface area contributed by atoms with Crippen molar-refractivity contribution in [3.05, 3.63) is 5.82 Å². The molecular weight excluding hydrogens is 263 g/mol. The lowest BCUT2D eigenvalue weighted by atomic mass is 9.87. The van der Waals surface area contributed by atoms with E-state index in [9.17, 15) is 13.2 Å². The summed E-state index contributed by atoms with van der Waals surface area (Å²) in [6, 6.07) is 0. The van der Waals surface area contributed by atoms with Crippen LogP contribution in [-0.2, 0) is 6.54 Å². The van der Waals surface area contributed by atoms with Crippen LogP contribution in [-0.4, -0.2) is 50.5 Å². The fourth-order valence-electron chi connectivity index (χ4n) is 2.54. The van der Waals surface area contributed by atoms with Gasteiger partial charge in [0.15, 0.2) is 5.82 Å². The Labute approximate surface area is 106 Å². The van der Waals surface area contributed by atoms with Crippen LogP contribution in [0.15, 0.2) is 10.2 Å². The number of H-pyrrole nitrogens is 1. The summed E-state index contributed by atoms with van der Waals surface area (Å²) in [5.41, 5.74) is -2.16. The highest BCUT2D eigenvalue weighted by Gasteiger charge is 2.68. The molecule has 1 N–H and O–H groups in total. The predicted molar refractivity (Wildman–Crippen MR) is 55.8 cm³/mol. The molecule has 2 aliphatic heterocycles. The summed E-state index contributed by atoms with van der Waals surface area (Å²) in [4.78, 5) is 1.88. The van der Waals surface area contributed by atoms with Crippen LogP contribution >= 0.6 is 0 Å². The highest BCUT2D eigenvalue weighted by Crippen LogP contribution is 2.51. The maximum absolute atomic E-state index is 12.9. The van der Waals surface area contributed by atoms with Crippen molar-refractivity contribution in [3.8, 4) is 0 Å². The van der Waals surface area contributed by atoms with Crippen molar-refractivity contribution in [2.45, 2.75) is 31.2 Å². The lowest BCUT2D eigenvalue weighted by molar-refractivity contribution is -0.181. The van der Waals surface area contributed by atoms with Gasteiger partial charge in [-0.25, -0.2) is 0 Å². The van der Waals surface area contributed by atoms with E-state index in [1.807, 2.05) is 4.90 Å². The third-order valence-electron chi connectivity index (χ3n) is 3.56. The van der Waals surface area contributed by atoms with Gasteiger partial charge in [0.1, 0.15) is 0 Å². The molecule has 10 heteroatoms. The third kappa shape index (κ3) is 2.20. The van der Waals surface area contributed by atoms with Crippen LogP contribution in [0.5, 0.6) is 0 Å².